The summed E-state index contributed by atoms with van der Waals surface area (Å²) in [6, 6.07) is 9.67. The Morgan fingerprint density at radius 1 is 0.898 bits per heavy atom. The summed E-state index contributed by atoms with van der Waals surface area (Å²) in [4.78, 5) is 14.4. The van der Waals surface area contributed by atoms with E-state index in [1.165, 1.54) is 20.7 Å². The lowest BCUT2D eigenvalue weighted by atomic mass is 9.79. The molecule has 3 saturated heterocycles. The Balaban J connectivity index is 1.28. The van der Waals surface area contributed by atoms with Gasteiger partial charge in [0.1, 0.15) is 36.0 Å². The number of ether oxygens (including phenoxy) is 2. The number of carbonyl (C=O) groups is 1. The average Bonchev–Trinajstić information content (AvgIpc) is 3.06. The zero-order chi connectivity index (χ0) is 35.4. The van der Waals surface area contributed by atoms with Crippen molar-refractivity contribution in [1.29, 1.82) is 0 Å². The molecule has 13 heteroatoms. The minimum Gasteiger partial charge on any atom is -0.491 e. The Morgan fingerprint density at radius 3 is 2.04 bits per heavy atom. The Kier molecular flexibility index (Phi) is 9.64. The fourth-order valence-corrected chi connectivity index (χ4v) is 11.2. The van der Waals surface area contributed by atoms with E-state index in [9.17, 15) is 26.0 Å². The van der Waals surface area contributed by atoms with E-state index in [1.54, 1.807) is 31.2 Å². The molecule has 1 atom stereocenters. The average molecular weight is 717 g/mol. The molecule has 49 heavy (non-hydrogen) atoms. The summed E-state index contributed by atoms with van der Waals surface area (Å²) in [6.45, 7) is 10.7. The number of halogens is 1. The fourth-order valence-electron chi connectivity index (χ4n) is 8.02. The molecule has 0 bridgehead atoms. The second kappa shape index (κ2) is 13.2. The van der Waals surface area contributed by atoms with Gasteiger partial charge < -0.3 is 9.47 Å². The van der Waals surface area contributed by atoms with Crippen molar-refractivity contribution in [3.8, 4) is 5.75 Å². The molecule has 1 unspecified atom stereocenters. The Bertz CT molecular complexity index is 1870. The molecule has 10 nitrogen and oxygen atoms in total. The zero-order valence-corrected chi connectivity index (χ0v) is 30.5. The number of hydrogen-bond donors (Lipinski definition) is 0. The number of carbonyl (C=O) groups excluding carboxylic acids is 1. The molecule has 4 aliphatic rings. The first-order valence-electron chi connectivity index (χ1n) is 17.1. The van der Waals surface area contributed by atoms with Crippen LogP contribution in [0.1, 0.15) is 65.4 Å². The van der Waals surface area contributed by atoms with Gasteiger partial charge in [0.25, 0.3) is 0 Å². The third-order valence-electron chi connectivity index (χ3n) is 10.4. The van der Waals surface area contributed by atoms with Crippen molar-refractivity contribution in [2.45, 2.75) is 94.7 Å². The lowest BCUT2D eigenvalue weighted by Gasteiger charge is -2.53. The first-order chi connectivity index (χ1) is 23.1. The zero-order valence-electron chi connectivity index (χ0n) is 28.9. The second-order valence-electron chi connectivity index (χ2n) is 14.6. The van der Waals surface area contributed by atoms with Gasteiger partial charge in [0, 0.05) is 57.4 Å². The predicted octanol–water partition coefficient (Wildman–Crippen LogP) is 6.13. The summed E-state index contributed by atoms with van der Waals surface area (Å²) in [5, 5.41) is 0. The standard InChI is InChI=1S/C36H47FN3O7S2/c1-25(2)47-31-8-10-32(11-9-31)48(42,43)38-18-13-29(14-19-38)40(33-12-17-36(4,5)23-27(33)24-46-35(40)41)30-15-20-39(21-16-30)49(44,45)34-22-28(37)7-6-26(34)3/h6-12,22-23,25,29-30H,13-21,24H2,1-5H3/q+1. The van der Waals surface area contributed by atoms with Gasteiger partial charge in [0.05, 0.1) is 15.9 Å². The second-order valence-corrected chi connectivity index (χ2v) is 18.4. The van der Waals surface area contributed by atoms with Gasteiger partial charge in [-0.15, -0.1) is 0 Å². The van der Waals surface area contributed by atoms with Gasteiger partial charge in [-0.1, -0.05) is 26.0 Å². The lowest BCUT2D eigenvalue weighted by Crippen LogP contribution is -2.69. The van der Waals surface area contributed by atoms with E-state index in [-0.39, 0.29) is 76.8 Å². The van der Waals surface area contributed by atoms with Crippen LogP contribution in [-0.2, 0) is 24.8 Å². The lowest BCUT2D eigenvalue weighted by molar-refractivity contribution is -0.875. The molecule has 3 heterocycles. The van der Waals surface area contributed by atoms with Crippen LogP contribution in [0.4, 0.5) is 9.18 Å². The molecule has 0 spiro atoms. The number of amides is 1. The van der Waals surface area contributed by atoms with Crippen LogP contribution in [0.25, 0.3) is 0 Å². The third kappa shape index (κ3) is 6.60. The molecular formula is C36H47FN3O7S2+. The minimum atomic E-state index is -3.96. The van der Waals surface area contributed by atoms with E-state index >= 15 is 0 Å². The number of quaternary nitrogens is 1. The highest BCUT2D eigenvalue weighted by Gasteiger charge is 2.60. The van der Waals surface area contributed by atoms with Crippen molar-refractivity contribution in [1.82, 2.24) is 8.61 Å². The van der Waals surface area contributed by atoms with Gasteiger partial charge >= 0.3 is 6.09 Å². The highest BCUT2D eigenvalue weighted by Crippen LogP contribution is 2.48. The maximum absolute atomic E-state index is 14.3. The van der Waals surface area contributed by atoms with E-state index < -0.39 is 25.9 Å². The van der Waals surface area contributed by atoms with Crippen molar-refractivity contribution in [3.05, 3.63) is 77.3 Å². The number of hydrogen-bond acceptors (Lipinski definition) is 7. The van der Waals surface area contributed by atoms with Crippen molar-refractivity contribution >= 4 is 26.1 Å². The summed E-state index contributed by atoms with van der Waals surface area (Å²) in [5.74, 6) is -0.0166. The first-order valence-corrected chi connectivity index (χ1v) is 20.0. The normalized spacial score (nSPS) is 24.6. The van der Waals surface area contributed by atoms with Crippen molar-refractivity contribution in [2.75, 3.05) is 32.8 Å². The minimum absolute atomic E-state index is 0.0339. The molecule has 1 amide bonds. The van der Waals surface area contributed by atoms with Gasteiger partial charge in [-0.2, -0.15) is 17.9 Å². The predicted molar refractivity (Wildman–Crippen MR) is 183 cm³/mol. The largest absolute Gasteiger partial charge is 0.522 e. The quantitative estimate of drug-likeness (QED) is 0.302. The SMILES string of the molecule is Cc1ccc(F)cc1S(=O)(=O)N1CCC([N+]2(C3CCN(S(=O)(=O)c4ccc(OC(C)C)cc4)CC3)C(=O)OCC3=CC(C)(C)CC=C32)CC1. The molecule has 3 fully saturated rings. The Labute approximate surface area is 289 Å². The fraction of sp³-hybridized carbons (Fsp3) is 0.528. The molecule has 3 aliphatic heterocycles. The number of rotatable bonds is 8. The summed E-state index contributed by atoms with van der Waals surface area (Å²) >= 11 is 0. The molecule has 6 rings (SSSR count). The highest BCUT2D eigenvalue weighted by atomic mass is 32.2. The van der Waals surface area contributed by atoms with E-state index in [0.29, 0.717) is 37.0 Å². The highest BCUT2D eigenvalue weighted by molar-refractivity contribution is 7.89. The van der Waals surface area contributed by atoms with Gasteiger partial charge in [0.2, 0.25) is 20.0 Å². The summed E-state index contributed by atoms with van der Waals surface area (Å²) < 4.78 is 83.4. The van der Waals surface area contributed by atoms with Crippen molar-refractivity contribution in [2.24, 2.45) is 5.41 Å². The third-order valence-corrected chi connectivity index (χ3v) is 14.3. The van der Waals surface area contributed by atoms with Gasteiger partial charge in [-0.05, 0) is 80.6 Å². The van der Waals surface area contributed by atoms with E-state index in [4.69, 9.17) is 9.47 Å². The molecule has 0 saturated carbocycles. The number of fused-ring (bicyclic) bond motifs is 1. The summed E-state index contributed by atoms with van der Waals surface area (Å²) in [5.41, 5.74) is 2.21. The molecule has 0 N–H and O–H groups in total. The van der Waals surface area contributed by atoms with Gasteiger partial charge in [-0.3, -0.25) is 0 Å². The van der Waals surface area contributed by atoms with Crippen LogP contribution < -0.4 is 4.74 Å². The summed E-state index contributed by atoms with van der Waals surface area (Å²) in [7, 11) is -7.75. The van der Waals surface area contributed by atoms with Crippen LogP contribution in [0.2, 0.25) is 0 Å². The maximum atomic E-state index is 14.3. The van der Waals surface area contributed by atoms with Crippen LogP contribution >= 0.6 is 0 Å². The number of sulfonamides is 2. The Morgan fingerprint density at radius 2 is 1.47 bits per heavy atom. The number of allylic oxidation sites excluding steroid dienone is 2. The molecule has 1 aliphatic carbocycles. The molecule has 266 valence electrons. The van der Waals surface area contributed by atoms with E-state index in [0.717, 1.165) is 23.8 Å². The van der Waals surface area contributed by atoms with Crippen LogP contribution in [0.3, 0.4) is 0 Å². The molecule has 0 aromatic heterocycles. The van der Waals surface area contributed by atoms with Crippen LogP contribution in [0.5, 0.6) is 5.75 Å². The molecule has 2 aromatic rings. The molecular weight excluding hydrogens is 670 g/mol. The van der Waals surface area contributed by atoms with Crippen LogP contribution in [0, 0.1) is 18.2 Å². The number of benzene rings is 2. The van der Waals surface area contributed by atoms with Crippen LogP contribution in [-0.4, -0.2) is 87.0 Å². The van der Waals surface area contributed by atoms with Gasteiger partial charge in [0.15, 0.2) is 0 Å². The topological polar surface area (TPSA) is 110 Å². The molecule has 2 aromatic carbocycles. The smallest absolute Gasteiger partial charge is 0.491 e. The van der Waals surface area contributed by atoms with E-state index in [2.05, 4.69) is 26.0 Å². The van der Waals surface area contributed by atoms with Gasteiger partial charge in [-0.25, -0.2) is 21.2 Å². The summed E-state index contributed by atoms with van der Waals surface area (Å²) in [6.07, 6.45) is 6.30. The first kappa shape index (κ1) is 35.7. The van der Waals surface area contributed by atoms with E-state index in [1.807, 2.05) is 13.8 Å². The van der Waals surface area contributed by atoms with Crippen molar-refractivity contribution in [3.63, 3.8) is 0 Å². The number of nitrogens with zero attached hydrogens (tertiary/aromatic N) is 3. The Hall–Kier alpha value is -3.10. The molecule has 0 radical (unpaired) electrons. The monoisotopic (exact) mass is 716 g/mol. The maximum Gasteiger partial charge on any atom is 0.522 e. The number of aryl methyl sites for hydroxylation is 1. The van der Waals surface area contributed by atoms with Crippen LogP contribution in [0.15, 0.2) is 75.7 Å². The number of piperidine rings is 2. The number of cyclic esters (lactones) is 1. The van der Waals surface area contributed by atoms with Crippen molar-refractivity contribution < 1.29 is 40.0 Å².